The lowest BCUT2D eigenvalue weighted by Gasteiger charge is -1.88. The van der Waals surface area contributed by atoms with Crippen LogP contribution < -0.4 is 0 Å². The first-order chi connectivity index (χ1) is 5.63. The zero-order chi connectivity index (χ0) is 9.40. The molecule has 0 aliphatic heterocycles. The van der Waals surface area contributed by atoms with Gasteiger partial charge in [0.15, 0.2) is 0 Å². The van der Waals surface area contributed by atoms with E-state index >= 15 is 0 Å². The van der Waals surface area contributed by atoms with Crippen LogP contribution in [0.5, 0.6) is 0 Å². The zero-order valence-electron chi connectivity index (χ0n) is 7.33. The molecule has 12 heavy (non-hydrogen) atoms. The van der Waals surface area contributed by atoms with Crippen molar-refractivity contribution < 1.29 is 4.79 Å². The smallest absolute Gasteiger partial charge is 0.245 e. The Kier molecular flexibility index (Phi) is 6.39. The van der Waals surface area contributed by atoms with E-state index in [1.165, 1.54) is 6.08 Å². The molecule has 0 saturated heterocycles. The van der Waals surface area contributed by atoms with Gasteiger partial charge in [0.05, 0.1) is 0 Å². The van der Waals surface area contributed by atoms with Gasteiger partial charge >= 0.3 is 0 Å². The van der Waals surface area contributed by atoms with Crippen LogP contribution in [-0.2, 0) is 4.79 Å². The largest absolute Gasteiger partial charge is 0.276 e. The first-order valence-corrected chi connectivity index (χ1v) is 4.21. The number of allylic oxidation sites excluding steroid dienone is 6. The summed E-state index contributed by atoms with van der Waals surface area (Å²) >= 11 is 5.06. The van der Waals surface area contributed by atoms with Crippen molar-refractivity contribution in [3.05, 3.63) is 36.5 Å². The number of carbonyl (C=O) groups excluding carboxylic acids is 1. The molecule has 0 saturated carbocycles. The Balaban J connectivity index is 3.70. The minimum Gasteiger partial charge on any atom is -0.276 e. The Morgan fingerprint density at radius 2 is 1.75 bits per heavy atom. The molecule has 0 spiro atoms. The van der Waals surface area contributed by atoms with Crippen LogP contribution in [0.25, 0.3) is 0 Å². The predicted octanol–water partition coefficient (Wildman–Crippen LogP) is 3.08. The molecule has 0 aromatic carbocycles. The fourth-order valence-electron chi connectivity index (χ4n) is 0.546. The molecule has 0 N–H and O–H groups in total. The van der Waals surface area contributed by atoms with Crippen LogP contribution in [0.15, 0.2) is 36.5 Å². The molecule has 0 fully saturated rings. The highest BCUT2D eigenvalue weighted by atomic mass is 35.5. The lowest BCUT2D eigenvalue weighted by atomic mass is 10.2. The number of halogens is 1. The van der Waals surface area contributed by atoms with Crippen molar-refractivity contribution in [3.63, 3.8) is 0 Å². The molecule has 0 aromatic heterocycles. The quantitative estimate of drug-likeness (QED) is 0.373. The Bertz CT molecular complexity index is 212. The lowest BCUT2D eigenvalue weighted by molar-refractivity contribution is -0.107. The highest BCUT2D eigenvalue weighted by Gasteiger charge is 1.80. The molecule has 0 aliphatic rings. The third kappa shape index (κ3) is 9.18. The van der Waals surface area contributed by atoms with E-state index in [1.54, 1.807) is 12.2 Å². The van der Waals surface area contributed by atoms with Gasteiger partial charge in [-0.3, -0.25) is 4.79 Å². The van der Waals surface area contributed by atoms with Crippen molar-refractivity contribution in [1.82, 2.24) is 0 Å². The third-order valence-corrected chi connectivity index (χ3v) is 1.18. The van der Waals surface area contributed by atoms with E-state index < -0.39 is 5.24 Å². The number of hydrogen-bond acceptors (Lipinski definition) is 1. The molecule has 1 nitrogen and oxygen atoms in total. The van der Waals surface area contributed by atoms with Crippen molar-refractivity contribution in [2.24, 2.45) is 5.92 Å². The molecular weight excluding hydrogens is 172 g/mol. The summed E-state index contributed by atoms with van der Waals surface area (Å²) in [6.07, 6.45) is 10.5. The molecule has 0 bridgehead atoms. The first kappa shape index (κ1) is 11.2. The summed E-state index contributed by atoms with van der Waals surface area (Å²) < 4.78 is 0. The highest BCUT2D eigenvalue weighted by molar-refractivity contribution is 6.66. The monoisotopic (exact) mass is 184 g/mol. The summed E-state index contributed by atoms with van der Waals surface area (Å²) in [6, 6.07) is 0. The Labute approximate surface area is 78.4 Å². The summed E-state index contributed by atoms with van der Waals surface area (Å²) in [4.78, 5) is 10.2. The molecule has 0 aromatic rings. The van der Waals surface area contributed by atoms with Crippen molar-refractivity contribution in [2.45, 2.75) is 13.8 Å². The first-order valence-electron chi connectivity index (χ1n) is 3.84. The van der Waals surface area contributed by atoms with E-state index in [-0.39, 0.29) is 0 Å². The van der Waals surface area contributed by atoms with E-state index in [1.807, 2.05) is 12.2 Å². The van der Waals surface area contributed by atoms with Gasteiger partial charge in [0.25, 0.3) is 0 Å². The maximum absolute atomic E-state index is 10.2. The summed E-state index contributed by atoms with van der Waals surface area (Å²) in [5, 5.41) is -0.451. The van der Waals surface area contributed by atoms with E-state index in [2.05, 4.69) is 19.9 Å². The van der Waals surface area contributed by atoms with Crippen LogP contribution in [-0.4, -0.2) is 5.24 Å². The fraction of sp³-hybridized carbons (Fsp3) is 0.300. The second-order valence-corrected chi connectivity index (χ2v) is 3.05. The van der Waals surface area contributed by atoms with Crippen molar-refractivity contribution in [3.8, 4) is 0 Å². The van der Waals surface area contributed by atoms with Gasteiger partial charge in [-0.05, 0) is 23.6 Å². The van der Waals surface area contributed by atoms with Crippen LogP contribution in [0.2, 0.25) is 0 Å². The van der Waals surface area contributed by atoms with Crippen molar-refractivity contribution >= 4 is 16.8 Å². The lowest BCUT2D eigenvalue weighted by Crippen LogP contribution is -1.74. The molecule has 0 amide bonds. The maximum atomic E-state index is 10.2. The minimum absolute atomic E-state index is 0.451. The summed E-state index contributed by atoms with van der Waals surface area (Å²) in [5.74, 6) is 0.549. The Hall–Kier alpha value is -0.820. The molecule has 66 valence electrons. The van der Waals surface area contributed by atoms with Crippen LogP contribution in [0.3, 0.4) is 0 Å². The summed E-state index contributed by atoms with van der Waals surface area (Å²) in [6.45, 7) is 4.20. The predicted molar refractivity (Wildman–Crippen MR) is 53.1 cm³/mol. The minimum atomic E-state index is -0.451. The van der Waals surface area contributed by atoms with Crippen LogP contribution in [0.4, 0.5) is 0 Å². The van der Waals surface area contributed by atoms with Crippen molar-refractivity contribution in [2.75, 3.05) is 0 Å². The van der Waals surface area contributed by atoms with Gasteiger partial charge in [-0.15, -0.1) is 0 Å². The number of hydrogen-bond donors (Lipinski definition) is 0. The van der Waals surface area contributed by atoms with Gasteiger partial charge in [-0.25, -0.2) is 0 Å². The molecule has 0 unspecified atom stereocenters. The second kappa shape index (κ2) is 6.86. The maximum Gasteiger partial charge on any atom is 0.245 e. The molecule has 0 atom stereocenters. The van der Waals surface area contributed by atoms with Crippen LogP contribution >= 0.6 is 11.6 Å². The van der Waals surface area contributed by atoms with Gasteiger partial charge in [0, 0.05) is 0 Å². The average molecular weight is 185 g/mol. The van der Waals surface area contributed by atoms with Gasteiger partial charge in [-0.1, -0.05) is 44.2 Å². The fourth-order valence-corrected chi connectivity index (χ4v) is 0.619. The van der Waals surface area contributed by atoms with Crippen LogP contribution in [0.1, 0.15) is 13.8 Å². The van der Waals surface area contributed by atoms with E-state index in [9.17, 15) is 4.79 Å². The third-order valence-electron chi connectivity index (χ3n) is 1.06. The Morgan fingerprint density at radius 1 is 1.17 bits per heavy atom. The van der Waals surface area contributed by atoms with Crippen LogP contribution in [0, 0.1) is 5.92 Å². The molecule has 0 radical (unpaired) electrons. The number of rotatable bonds is 4. The number of carbonyl (C=O) groups is 1. The molecule has 0 heterocycles. The Morgan fingerprint density at radius 3 is 2.25 bits per heavy atom. The average Bonchev–Trinajstić information content (AvgIpc) is 1.95. The van der Waals surface area contributed by atoms with Gasteiger partial charge in [0.2, 0.25) is 5.24 Å². The summed E-state index contributed by atoms with van der Waals surface area (Å²) in [5.41, 5.74) is 0. The van der Waals surface area contributed by atoms with E-state index in [0.717, 1.165) is 0 Å². The zero-order valence-corrected chi connectivity index (χ0v) is 8.08. The molecule has 0 rings (SSSR count). The van der Waals surface area contributed by atoms with Gasteiger partial charge in [-0.2, -0.15) is 0 Å². The normalized spacial score (nSPS) is 12.7. The van der Waals surface area contributed by atoms with E-state index in [0.29, 0.717) is 5.92 Å². The summed E-state index contributed by atoms with van der Waals surface area (Å²) in [7, 11) is 0. The molecular formula is C10H13ClO. The van der Waals surface area contributed by atoms with Gasteiger partial charge in [0.1, 0.15) is 0 Å². The van der Waals surface area contributed by atoms with E-state index in [4.69, 9.17) is 11.6 Å². The highest BCUT2D eigenvalue weighted by Crippen LogP contribution is 1.93. The molecule has 0 aliphatic carbocycles. The standard InChI is InChI=1S/C10H13ClO/c1-9(2)7-5-3-4-6-8-10(11)12/h3-9H,1-2H3/b4-3+,7-5+,8-6+. The second-order valence-electron chi connectivity index (χ2n) is 2.68. The molecule has 2 heteroatoms. The topological polar surface area (TPSA) is 17.1 Å². The van der Waals surface area contributed by atoms with Crippen molar-refractivity contribution in [1.29, 1.82) is 0 Å². The SMILES string of the molecule is CC(C)/C=C/C=C/C=C/C(=O)Cl. The van der Waals surface area contributed by atoms with Gasteiger partial charge < -0.3 is 0 Å².